The van der Waals surface area contributed by atoms with Crippen molar-refractivity contribution in [1.29, 1.82) is 5.26 Å². The number of nitrogens with zero attached hydrogens (tertiary/aromatic N) is 3. The maximum atomic E-state index is 13.7. The molecule has 3 aromatic carbocycles. The summed E-state index contributed by atoms with van der Waals surface area (Å²) >= 11 is 6.23. The number of amides is 1. The number of ether oxygens (including phenoxy) is 2. The minimum absolute atomic E-state index is 0.0889. The number of carbonyl (C=O) groups is 2. The maximum absolute atomic E-state index is 13.7. The second-order valence-electron chi connectivity index (χ2n) is 8.87. The van der Waals surface area contributed by atoms with Crippen molar-refractivity contribution in [1.82, 2.24) is 4.68 Å². The zero-order valence-corrected chi connectivity index (χ0v) is 22.9. The Balaban J connectivity index is 1.87. The number of hydrogen-bond acceptors (Lipinski definition) is 6. The number of halogens is 1. The Morgan fingerprint density at radius 1 is 0.950 bits per heavy atom. The van der Waals surface area contributed by atoms with E-state index in [0.29, 0.717) is 33.8 Å². The highest BCUT2D eigenvalue weighted by Gasteiger charge is 2.24. The number of aryl methyl sites for hydroxylation is 1. The molecule has 0 radical (unpaired) electrons. The van der Waals surface area contributed by atoms with Crippen molar-refractivity contribution in [2.45, 2.75) is 19.8 Å². The average molecular weight is 556 g/mol. The summed E-state index contributed by atoms with van der Waals surface area (Å²) in [6.07, 6.45) is 1.93. The number of pyridine rings is 1. The molecule has 0 fully saturated rings. The van der Waals surface area contributed by atoms with E-state index in [4.69, 9.17) is 21.1 Å². The van der Waals surface area contributed by atoms with Crippen molar-refractivity contribution < 1.29 is 19.1 Å². The van der Waals surface area contributed by atoms with Crippen LogP contribution in [0.1, 0.15) is 34.8 Å². The maximum Gasteiger partial charge on any atom is 0.270 e. The van der Waals surface area contributed by atoms with E-state index in [1.807, 2.05) is 36.4 Å². The smallest absolute Gasteiger partial charge is 0.270 e. The van der Waals surface area contributed by atoms with Crippen molar-refractivity contribution in [3.05, 3.63) is 111 Å². The van der Waals surface area contributed by atoms with Crippen LogP contribution >= 0.6 is 11.6 Å². The van der Waals surface area contributed by atoms with E-state index in [-0.39, 0.29) is 35.2 Å². The van der Waals surface area contributed by atoms with Gasteiger partial charge in [0, 0.05) is 34.7 Å². The fraction of sp³-hybridized carbons (Fsp3) is 0.161. The van der Waals surface area contributed by atoms with Gasteiger partial charge < -0.3 is 9.47 Å². The molecule has 4 aromatic rings. The first kappa shape index (κ1) is 28.1. The van der Waals surface area contributed by atoms with Gasteiger partial charge in [-0.05, 0) is 54.8 Å². The molecule has 0 saturated carbocycles. The largest absolute Gasteiger partial charge is 0.495 e. The minimum atomic E-state index is -0.554. The molecule has 1 heterocycles. The summed E-state index contributed by atoms with van der Waals surface area (Å²) in [6, 6.07) is 22.3. The molecule has 4 rings (SSSR count). The molecule has 0 spiro atoms. The standard InChI is InChI=1S/C31H26ClN3O5/c1-20(36)25-13-11-23(32)15-26(25)27-17-31(38)34(19-29(27)40-3)35(24-12-10-22(18-33)28(16-24)39-2)30(37)14-9-21-7-5-4-6-8-21/h4-8,10-13,15-17,19H,9,14H2,1-3H3. The van der Waals surface area contributed by atoms with Crippen LogP contribution in [0.25, 0.3) is 11.1 Å². The van der Waals surface area contributed by atoms with Gasteiger partial charge in [0.1, 0.15) is 17.6 Å². The quantitative estimate of drug-likeness (QED) is 0.246. The number of aromatic nitrogens is 1. The molecule has 1 amide bonds. The Morgan fingerprint density at radius 3 is 2.33 bits per heavy atom. The van der Waals surface area contributed by atoms with E-state index in [2.05, 4.69) is 0 Å². The second-order valence-corrected chi connectivity index (χ2v) is 9.31. The van der Waals surface area contributed by atoms with E-state index in [9.17, 15) is 19.6 Å². The summed E-state index contributed by atoms with van der Waals surface area (Å²) in [5.74, 6) is -0.0895. The highest BCUT2D eigenvalue weighted by atomic mass is 35.5. The van der Waals surface area contributed by atoms with Crippen LogP contribution in [0.3, 0.4) is 0 Å². The van der Waals surface area contributed by atoms with Gasteiger partial charge in [-0.15, -0.1) is 0 Å². The molecule has 0 saturated heterocycles. The first-order valence-corrected chi connectivity index (χ1v) is 12.7. The van der Waals surface area contributed by atoms with Gasteiger partial charge in [0.15, 0.2) is 5.78 Å². The fourth-order valence-corrected chi connectivity index (χ4v) is 4.55. The number of benzene rings is 3. The monoisotopic (exact) mass is 555 g/mol. The van der Waals surface area contributed by atoms with Gasteiger partial charge in [-0.25, -0.2) is 9.69 Å². The zero-order valence-electron chi connectivity index (χ0n) is 22.2. The Labute approximate surface area is 236 Å². The summed E-state index contributed by atoms with van der Waals surface area (Å²) in [5.41, 5.74) is 2.16. The number of ketones is 1. The van der Waals surface area contributed by atoms with Crippen LogP contribution in [-0.4, -0.2) is 30.6 Å². The summed E-state index contributed by atoms with van der Waals surface area (Å²) in [7, 11) is 2.85. The molecule has 8 nitrogen and oxygen atoms in total. The lowest BCUT2D eigenvalue weighted by molar-refractivity contribution is -0.119. The van der Waals surface area contributed by atoms with Crippen molar-refractivity contribution in [3.63, 3.8) is 0 Å². The van der Waals surface area contributed by atoms with Crippen LogP contribution in [0.15, 0.2) is 83.8 Å². The van der Waals surface area contributed by atoms with Crippen molar-refractivity contribution in [3.8, 4) is 28.7 Å². The Bertz CT molecular complexity index is 1680. The predicted molar refractivity (Wildman–Crippen MR) is 153 cm³/mol. The Kier molecular flexibility index (Phi) is 8.67. The van der Waals surface area contributed by atoms with E-state index in [1.165, 1.54) is 50.5 Å². The molecule has 1 aromatic heterocycles. The average Bonchev–Trinajstić information content (AvgIpc) is 2.97. The highest BCUT2D eigenvalue weighted by molar-refractivity contribution is 6.31. The molecule has 0 bridgehead atoms. The molecule has 0 aliphatic carbocycles. The minimum Gasteiger partial charge on any atom is -0.495 e. The van der Waals surface area contributed by atoms with Crippen LogP contribution in [0.2, 0.25) is 5.02 Å². The number of carbonyl (C=O) groups excluding carboxylic acids is 2. The first-order chi connectivity index (χ1) is 19.3. The SMILES string of the molecule is COc1cc(N(C(=O)CCc2ccccc2)n2cc(OC)c(-c3cc(Cl)ccc3C(C)=O)cc2=O)ccc1C#N. The summed E-state index contributed by atoms with van der Waals surface area (Å²) < 4.78 is 12.1. The number of nitriles is 1. The molecule has 0 aliphatic rings. The third-order valence-electron chi connectivity index (χ3n) is 6.34. The topological polar surface area (TPSA) is 102 Å². The van der Waals surface area contributed by atoms with Crippen LogP contribution in [-0.2, 0) is 11.2 Å². The van der Waals surface area contributed by atoms with E-state index in [0.717, 1.165) is 10.2 Å². The molecule has 0 aliphatic heterocycles. The molecule has 40 heavy (non-hydrogen) atoms. The Hall–Kier alpha value is -4.87. The normalized spacial score (nSPS) is 10.5. The van der Waals surface area contributed by atoms with Gasteiger partial charge in [-0.2, -0.15) is 5.26 Å². The fourth-order valence-electron chi connectivity index (χ4n) is 4.38. The van der Waals surface area contributed by atoms with Crippen LogP contribution in [0.5, 0.6) is 11.5 Å². The van der Waals surface area contributed by atoms with Crippen LogP contribution in [0, 0.1) is 11.3 Å². The second kappa shape index (κ2) is 12.3. The number of rotatable bonds is 9. The third kappa shape index (κ3) is 5.90. The third-order valence-corrected chi connectivity index (χ3v) is 6.58. The van der Waals surface area contributed by atoms with Gasteiger partial charge in [0.05, 0.1) is 31.7 Å². The zero-order chi connectivity index (χ0) is 28.8. The molecule has 0 N–H and O–H groups in total. The van der Waals surface area contributed by atoms with E-state index >= 15 is 0 Å². The lowest BCUT2D eigenvalue weighted by Gasteiger charge is -2.26. The van der Waals surface area contributed by atoms with Crippen LogP contribution < -0.4 is 20.0 Å². The van der Waals surface area contributed by atoms with Crippen molar-refractivity contribution >= 4 is 29.0 Å². The lowest BCUT2D eigenvalue weighted by atomic mass is 9.97. The van der Waals surface area contributed by atoms with Crippen molar-refractivity contribution in [2.75, 3.05) is 19.2 Å². The first-order valence-electron chi connectivity index (χ1n) is 12.3. The molecule has 202 valence electrons. The molecule has 9 heteroatoms. The number of hydrogen-bond donors (Lipinski definition) is 0. The number of methoxy groups -OCH3 is 2. The van der Waals surface area contributed by atoms with E-state index < -0.39 is 5.56 Å². The molecular weight excluding hydrogens is 530 g/mol. The molecular formula is C31H26ClN3O5. The van der Waals surface area contributed by atoms with Gasteiger partial charge in [-0.3, -0.25) is 14.4 Å². The molecule has 0 atom stereocenters. The predicted octanol–water partition coefficient (Wildman–Crippen LogP) is 5.69. The Morgan fingerprint density at radius 2 is 1.68 bits per heavy atom. The van der Waals surface area contributed by atoms with Gasteiger partial charge in [0.2, 0.25) is 5.91 Å². The number of Topliss-reactive ketones (excluding diaryl/α,β-unsaturated/α-hetero) is 1. The number of anilines is 1. The lowest BCUT2D eigenvalue weighted by Crippen LogP contribution is -2.42. The van der Waals surface area contributed by atoms with Crippen molar-refractivity contribution in [2.24, 2.45) is 0 Å². The van der Waals surface area contributed by atoms with Gasteiger partial charge in [-0.1, -0.05) is 41.9 Å². The summed E-state index contributed by atoms with van der Waals surface area (Å²) in [5, 5.41) is 11.0. The highest BCUT2D eigenvalue weighted by Crippen LogP contribution is 2.34. The summed E-state index contributed by atoms with van der Waals surface area (Å²) in [4.78, 5) is 39.7. The van der Waals surface area contributed by atoms with Gasteiger partial charge >= 0.3 is 0 Å². The van der Waals surface area contributed by atoms with Gasteiger partial charge in [0.25, 0.3) is 5.56 Å². The van der Waals surface area contributed by atoms with E-state index in [1.54, 1.807) is 24.3 Å². The molecule has 0 unspecified atom stereocenters. The summed E-state index contributed by atoms with van der Waals surface area (Å²) in [6.45, 7) is 1.42. The van der Waals surface area contributed by atoms with Crippen LogP contribution in [0.4, 0.5) is 5.69 Å².